The molecule has 0 aromatic heterocycles. The number of aryl methyl sites for hydroxylation is 1. The largest absolute Gasteiger partial charge is 0.381 e. The summed E-state index contributed by atoms with van der Waals surface area (Å²) in [5.74, 6) is -1.10. The number of hydrogen-bond donors (Lipinski definition) is 2. The molecule has 0 fully saturated rings. The van der Waals surface area contributed by atoms with Crippen LogP contribution in [0.4, 0.5) is 20.2 Å². The van der Waals surface area contributed by atoms with E-state index in [9.17, 15) is 13.6 Å². The smallest absolute Gasteiger partial charge is 0.221 e. The predicted molar refractivity (Wildman–Crippen MR) is 79.2 cm³/mol. The molecule has 0 radical (unpaired) electrons. The second-order valence-electron chi connectivity index (χ2n) is 4.80. The van der Waals surface area contributed by atoms with Crippen LogP contribution in [0.15, 0.2) is 36.4 Å². The molecule has 5 heteroatoms. The van der Waals surface area contributed by atoms with Crippen molar-refractivity contribution < 1.29 is 13.6 Å². The number of halogens is 2. The van der Waals surface area contributed by atoms with E-state index in [4.69, 9.17) is 0 Å². The van der Waals surface area contributed by atoms with Crippen molar-refractivity contribution in [2.24, 2.45) is 0 Å². The summed E-state index contributed by atoms with van der Waals surface area (Å²) in [5, 5.41) is 5.73. The van der Waals surface area contributed by atoms with E-state index in [1.54, 1.807) is 12.1 Å². The van der Waals surface area contributed by atoms with Crippen LogP contribution in [0, 0.1) is 18.6 Å². The summed E-state index contributed by atoms with van der Waals surface area (Å²) in [6.07, 6.45) is 0. The highest BCUT2D eigenvalue weighted by Crippen LogP contribution is 2.21. The van der Waals surface area contributed by atoms with E-state index in [1.165, 1.54) is 6.92 Å². The number of carbonyl (C=O) groups is 1. The zero-order valence-electron chi connectivity index (χ0n) is 11.8. The molecule has 0 heterocycles. The van der Waals surface area contributed by atoms with Gasteiger partial charge in [-0.3, -0.25) is 4.79 Å². The lowest BCUT2D eigenvalue weighted by atomic mass is 10.1. The highest BCUT2D eigenvalue weighted by molar-refractivity contribution is 5.89. The van der Waals surface area contributed by atoms with Gasteiger partial charge in [-0.15, -0.1) is 0 Å². The zero-order chi connectivity index (χ0) is 15.4. The van der Waals surface area contributed by atoms with E-state index in [-0.39, 0.29) is 18.0 Å². The van der Waals surface area contributed by atoms with E-state index in [1.807, 2.05) is 13.0 Å². The highest BCUT2D eigenvalue weighted by Gasteiger charge is 2.06. The van der Waals surface area contributed by atoms with Gasteiger partial charge >= 0.3 is 0 Å². The van der Waals surface area contributed by atoms with Gasteiger partial charge in [0.05, 0.1) is 0 Å². The Bertz CT molecular complexity index is 671. The van der Waals surface area contributed by atoms with Gasteiger partial charge in [-0.2, -0.15) is 0 Å². The van der Waals surface area contributed by atoms with Gasteiger partial charge in [0.15, 0.2) is 0 Å². The van der Waals surface area contributed by atoms with Crippen molar-refractivity contribution in [3.8, 4) is 0 Å². The van der Waals surface area contributed by atoms with Gasteiger partial charge in [0.25, 0.3) is 0 Å². The molecule has 0 aliphatic heterocycles. The second kappa shape index (κ2) is 6.35. The molecular weight excluding hydrogens is 274 g/mol. The predicted octanol–water partition coefficient (Wildman–Crippen LogP) is 3.84. The third-order valence-corrected chi connectivity index (χ3v) is 3.03. The van der Waals surface area contributed by atoms with Gasteiger partial charge in [0.2, 0.25) is 5.91 Å². The number of anilines is 2. The molecule has 2 aromatic rings. The van der Waals surface area contributed by atoms with E-state index in [0.29, 0.717) is 5.69 Å². The number of hydrogen-bond acceptors (Lipinski definition) is 2. The molecule has 0 saturated heterocycles. The lowest BCUT2D eigenvalue weighted by Gasteiger charge is -2.12. The average Bonchev–Trinajstić information content (AvgIpc) is 2.42. The fourth-order valence-corrected chi connectivity index (χ4v) is 1.96. The Hall–Kier alpha value is -2.43. The fourth-order valence-electron chi connectivity index (χ4n) is 1.96. The molecule has 21 heavy (non-hydrogen) atoms. The van der Waals surface area contributed by atoms with Crippen LogP contribution in [0.1, 0.15) is 18.1 Å². The van der Waals surface area contributed by atoms with Crippen molar-refractivity contribution in [3.05, 3.63) is 59.2 Å². The number of nitrogens with one attached hydrogen (secondary N) is 2. The van der Waals surface area contributed by atoms with Crippen molar-refractivity contribution in [3.63, 3.8) is 0 Å². The first-order chi connectivity index (χ1) is 9.95. The normalized spacial score (nSPS) is 10.3. The van der Waals surface area contributed by atoms with Crippen LogP contribution in [-0.4, -0.2) is 5.91 Å². The van der Waals surface area contributed by atoms with E-state index in [2.05, 4.69) is 10.6 Å². The summed E-state index contributed by atoms with van der Waals surface area (Å²) in [6, 6.07) is 8.73. The average molecular weight is 290 g/mol. The first-order valence-corrected chi connectivity index (χ1v) is 6.52. The first-order valence-electron chi connectivity index (χ1n) is 6.52. The van der Waals surface area contributed by atoms with E-state index >= 15 is 0 Å². The molecule has 0 atom stereocenters. The lowest BCUT2D eigenvalue weighted by molar-refractivity contribution is -0.114. The Morgan fingerprint density at radius 3 is 2.62 bits per heavy atom. The topological polar surface area (TPSA) is 41.1 Å². The van der Waals surface area contributed by atoms with Gasteiger partial charge in [0, 0.05) is 30.4 Å². The van der Waals surface area contributed by atoms with Gasteiger partial charge in [-0.05, 0) is 42.8 Å². The number of benzene rings is 2. The van der Waals surface area contributed by atoms with Gasteiger partial charge in [0.1, 0.15) is 11.6 Å². The van der Waals surface area contributed by atoms with Crippen LogP contribution >= 0.6 is 0 Å². The molecule has 0 spiro atoms. The summed E-state index contributed by atoms with van der Waals surface area (Å²) in [5.41, 5.74) is 2.60. The van der Waals surface area contributed by atoms with E-state index < -0.39 is 11.6 Å². The monoisotopic (exact) mass is 290 g/mol. The maximum absolute atomic E-state index is 13.6. The van der Waals surface area contributed by atoms with Crippen molar-refractivity contribution in [2.75, 3.05) is 10.6 Å². The van der Waals surface area contributed by atoms with Crippen molar-refractivity contribution in [2.45, 2.75) is 20.4 Å². The molecule has 3 nitrogen and oxygen atoms in total. The van der Waals surface area contributed by atoms with Crippen LogP contribution < -0.4 is 10.6 Å². The van der Waals surface area contributed by atoms with Gasteiger partial charge in [-0.25, -0.2) is 8.78 Å². The van der Waals surface area contributed by atoms with Gasteiger partial charge in [-0.1, -0.05) is 6.07 Å². The van der Waals surface area contributed by atoms with Crippen molar-refractivity contribution in [1.82, 2.24) is 0 Å². The summed E-state index contributed by atoms with van der Waals surface area (Å²) >= 11 is 0. The number of amides is 1. The molecule has 0 aliphatic carbocycles. The Balaban J connectivity index is 2.15. The maximum atomic E-state index is 13.6. The Morgan fingerprint density at radius 2 is 1.90 bits per heavy atom. The molecular formula is C16H16F2N2O. The molecule has 2 N–H and O–H groups in total. The van der Waals surface area contributed by atoms with Crippen LogP contribution in [0.25, 0.3) is 0 Å². The minimum Gasteiger partial charge on any atom is -0.381 e. The van der Waals surface area contributed by atoms with E-state index in [0.717, 1.165) is 29.4 Å². The quantitative estimate of drug-likeness (QED) is 0.898. The summed E-state index contributed by atoms with van der Waals surface area (Å²) in [7, 11) is 0. The van der Waals surface area contributed by atoms with Gasteiger partial charge < -0.3 is 10.6 Å². The summed E-state index contributed by atoms with van der Waals surface area (Å²) in [6.45, 7) is 3.48. The fraction of sp³-hybridized carbons (Fsp3) is 0.188. The van der Waals surface area contributed by atoms with Crippen LogP contribution in [-0.2, 0) is 11.3 Å². The Labute approximate surface area is 122 Å². The summed E-state index contributed by atoms with van der Waals surface area (Å²) in [4.78, 5) is 11.0. The lowest BCUT2D eigenvalue weighted by Crippen LogP contribution is -2.08. The molecule has 1 amide bonds. The Kier molecular flexibility index (Phi) is 4.52. The summed E-state index contributed by atoms with van der Waals surface area (Å²) < 4.78 is 26.7. The van der Waals surface area contributed by atoms with Crippen LogP contribution in [0.3, 0.4) is 0 Å². The standard InChI is InChI=1S/C16H16F2N2O/c1-10-3-5-14(20-11(2)21)8-16(10)19-9-12-7-13(17)4-6-15(12)18/h3-8,19H,9H2,1-2H3,(H,20,21). The number of rotatable bonds is 4. The molecule has 2 aromatic carbocycles. The third-order valence-electron chi connectivity index (χ3n) is 3.03. The molecule has 0 unspecified atom stereocenters. The van der Waals surface area contributed by atoms with Crippen LogP contribution in [0.5, 0.6) is 0 Å². The second-order valence-corrected chi connectivity index (χ2v) is 4.80. The van der Waals surface area contributed by atoms with Crippen LogP contribution in [0.2, 0.25) is 0 Å². The minimum atomic E-state index is -0.475. The van der Waals surface area contributed by atoms with Crippen molar-refractivity contribution in [1.29, 1.82) is 0 Å². The molecule has 110 valence electrons. The number of carbonyl (C=O) groups excluding carboxylic acids is 1. The highest BCUT2D eigenvalue weighted by atomic mass is 19.1. The molecule has 0 bridgehead atoms. The third kappa shape index (κ3) is 4.02. The van der Waals surface area contributed by atoms with Crippen molar-refractivity contribution >= 4 is 17.3 Å². The molecule has 0 saturated carbocycles. The SMILES string of the molecule is CC(=O)Nc1ccc(C)c(NCc2cc(F)ccc2F)c1. The Morgan fingerprint density at radius 1 is 1.14 bits per heavy atom. The first kappa shape index (κ1) is 15.0. The molecule has 2 rings (SSSR count). The maximum Gasteiger partial charge on any atom is 0.221 e. The molecule has 0 aliphatic rings. The minimum absolute atomic E-state index is 0.161. The zero-order valence-corrected chi connectivity index (χ0v) is 11.8.